The Morgan fingerprint density at radius 2 is 2.10 bits per heavy atom. The molecular formula is C16H23NO3. The van der Waals surface area contributed by atoms with Gasteiger partial charge in [0.1, 0.15) is 5.75 Å². The van der Waals surface area contributed by atoms with Crippen molar-refractivity contribution in [2.75, 3.05) is 19.7 Å². The lowest BCUT2D eigenvalue weighted by Crippen LogP contribution is -2.48. The van der Waals surface area contributed by atoms with E-state index in [9.17, 15) is 9.90 Å². The van der Waals surface area contributed by atoms with Gasteiger partial charge >= 0.3 is 0 Å². The summed E-state index contributed by atoms with van der Waals surface area (Å²) in [5, 5.41) is 10.00. The number of nitrogens with zero attached hydrogens (tertiary/aromatic N) is 1. The van der Waals surface area contributed by atoms with E-state index in [0.29, 0.717) is 19.6 Å². The van der Waals surface area contributed by atoms with Crippen LogP contribution in [0.5, 0.6) is 5.75 Å². The smallest absolute Gasteiger partial charge is 0.226 e. The highest BCUT2D eigenvalue weighted by Crippen LogP contribution is 2.20. The summed E-state index contributed by atoms with van der Waals surface area (Å²) in [4.78, 5) is 13.8. The third kappa shape index (κ3) is 4.23. The predicted molar refractivity (Wildman–Crippen MR) is 77.7 cm³/mol. The van der Waals surface area contributed by atoms with Crippen LogP contribution in [0.1, 0.15) is 31.7 Å². The van der Waals surface area contributed by atoms with E-state index in [1.807, 2.05) is 31.2 Å². The fraction of sp³-hybridized carbons (Fsp3) is 0.562. The van der Waals surface area contributed by atoms with Gasteiger partial charge in [-0.2, -0.15) is 0 Å². The van der Waals surface area contributed by atoms with Crippen LogP contribution in [0.2, 0.25) is 0 Å². The Bertz CT molecular complexity index is 453. The third-order valence-corrected chi connectivity index (χ3v) is 3.63. The molecule has 1 aliphatic rings. The second-order valence-corrected chi connectivity index (χ2v) is 5.83. The number of β-amino-alcohol motifs (C(OH)–C–C–N with tert-alkyl or cyclic N) is 1. The van der Waals surface area contributed by atoms with Crippen LogP contribution in [-0.2, 0) is 4.79 Å². The van der Waals surface area contributed by atoms with Gasteiger partial charge in [-0.1, -0.05) is 17.7 Å². The van der Waals surface area contributed by atoms with Gasteiger partial charge in [0.05, 0.1) is 18.6 Å². The van der Waals surface area contributed by atoms with Gasteiger partial charge in [-0.25, -0.2) is 0 Å². The monoisotopic (exact) mass is 277 g/mol. The first-order valence-electron chi connectivity index (χ1n) is 7.16. The Kier molecular flexibility index (Phi) is 4.65. The Hall–Kier alpha value is -1.55. The molecule has 2 rings (SSSR count). The minimum atomic E-state index is -0.744. The molecule has 4 nitrogen and oxygen atoms in total. The molecule has 1 aromatic carbocycles. The van der Waals surface area contributed by atoms with Crippen LogP contribution in [0.15, 0.2) is 24.3 Å². The quantitative estimate of drug-likeness (QED) is 0.917. The zero-order valence-corrected chi connectivity index (χ0v) is 12.3. The lowest BCUT2D eigenvalue weighted by Gasteiger charge is -2.36. The van der Waals surface area contributed by atoms with E-state index in [2.05, 4.69) is 0 Å². The van der Waals surface area contributed by atoms with E-state index in [0.717, 1.165) is 25.1 Å². The number of aliphatic hydroxyl groups is 1. The van der Waals surface area contributed by atoms with Crippen LogP contribution in [0.25, 0.3) is 0 Å². The molecule has 0 aliphatic carbocycles. The van der Waals surface area contributed by atoms with Crippen LogP contribution in [-0.4, -0.2) is 41.2 Å². The molecule has 1 atom stereocenters. The topological polar surface area (TPSA) is 49.8 Å². The molecule has 1 aliphatic heterocycles. The highest BCUT2D eigenvalue weighted by atomic mass is 16.5. The van der Waals surface area contributed by atoms with Gasteiger partial charge < -0.3 is 14.7 Å². The molecule has 20 heavy (non-hydrogen) atoms. The number of piperidine rings is 1. The van der Waals surface area contributed by atoms with E-state index in [-0.39, 0.29) is 5.91 Å². The van der Waals surface area contributed by atoms with Crippen LogP contribution >= 0.6 is 0 Å². The summed E-state index contributed by atoms with van der Waals surface area (Å²) in [7, 11) is 0. The molecule has 1 N–H and O–H groups in total. The second-order valence-electron chi connectivity index (χ2n) is 5.83. The Morgan fingerprint density at radius 1 is 1.40 bits per heavy atom. The minimum absolute atomic E-state index is 0.0529. The zero-order chi connectivity index (χ0) is 14.6. The molecule has 110 valence electrons. The Morgan fingerprint density at radius 3 is 2.75 bits per heavy atom. The molecule has 0 radical (unpaired) electrons. The molecule has 4 heteroatoms. The molecule has 0 spiro atoms. The first kappa shape index (κ1) is 14.9. The van der Waals surface area contributed by atoms with Gasteiger partial charge in [-0.15, -0.1) is 0 Å². The number of carbonyl (C=O) groups is 1. The van der Waals surface area contributed by atoms with Crippen molar-refractivity contribution < 1.29 is 14.6 Å². The average molecular weight is 277 g/mol. The Balaban J connectivity index is 1.76. The maximum atomic E-state index is 12.1. The van der Waals surface area contributed by atoms with Gasteiger partial charge in [0.15, 0.2) is 0 Å². The standard InChI is InChI=1S/C16H23NO3/c1-13-4-6-14(7-5-13)20-11-8-15(18)17-10-3-9-16(2,19)12-17/h4-7,19H,3,8-12H2,1-2H3. The number of ether oxygens (including phenoxy) is 1. The number of carbonyl (C=O) groups excluding carboxylic acids is 1. The van der Waals surface area contributed by atoms with E-state index < -0.39 is 5.60 Å². The van der Waals surface area contributed by atoms with Crippen molar-refractivity contribution >= 4 is 5.91 Å². The summed E-state index contributed by atoms with van der Waals surface area (Å²) >= 11 is 0. The molecule has 1 fully saturated rings. The van der Waals surface area contributed by atoms with E-state index in [1.165, 1.54) is 5.56 Å². The van der Waals surface area contributed by atoms with Gasteiger partial charge in [0.25, 0.3) is 0 Å². The van der Waals surface area contributed by atoms with Crippen molar-refractivity contribution in [1.82, 2.24) is 4.90 Å². The summed E-state index contributed by atoms with van der Waals surface area (Å²) < 4.78 is 5.56. The number of benzene rings is 1. The van der Waals surface area contributed by atoms with E-state index in [4.69, 9.17) is 4.74 Å². The second kappa shape index (κ2) is 6.27. The first-order chi connectivity index (χ1) is 9.46. The first-order valence-corrected chi connectivity index (χ1v) is 7.16. The molecule has 0 saturated carbocycles. The summed E-state index contributed by atoms with van der Waals surface area (Å²) in [6, 6.07) is 7.79. The van der Waals surface area contributed by atoms with Crippen molar-refractivity contribution in [2.24, 2.45) is 0 Å². The van der Waals surface area contributed by atoms with Gasteiger partial charge in [0, 0.05) is 13.1 Å². The van der Waals surface area contributed by atoms with Crippen LogP contribution in [0.4, 0.5) is 0 Å². The molecule has 1 unspecified atom stereocenters. The van der Waals surface area contributed by atoms with Crippen molar-refractivity contribution in [3.05, 3.63) is 29.8 Å². The van der Waals surface area contributed by atoms with Crippen molar-refractivity contribution in [2.45, 2.75) is 38.7 Å². The minimum Gasteiger partial charge on any atom is -0.493 e. The van der Waals surface area contributed by atoms with E-state index in [1.54, 1.807) is 11.8 Å². The number of likely N-dealkylation sites (tertiary alicyclic amines) is 1. The highest BCUT2D eigenvalue weighted by Gasteiger charge is 2.30. The summed E-state index contributed by atoms with van der Waals surface area (Å²) in [6.45, 7) is 5.35. The normalized spacial score (nSPS) is 22.6. The summed E-state index contributed by atoms with van der Waals surface area (Å²) in [6.07, 6.45) is 1.97. The number of rotatable bonds is 4. The van der Waals surface area contributed by atoms with Crippen molar-refractivity contribution in [3.63, 3.8) is 0 Å². The van der Waals surface area contributed by atoms with Crippen molar-refractivity contribution in [1.29, 1.82) is 0 Å². The highest BCUT2D eigenvalue weighted by molar-refractivity contribution is 5.76. The van der Waals surface area contributed by atoms with Gasteiger partial charge in [0.2, 0.25) is 5.91 Å². The van der Waals surface area contributed by atoms with E-state index >= 15 is 0 Å². The molecule has 1 saturated heterocycles. The number of aryl methyl sites for hydroxylation is 1. The third-order valence-electron chi connectivity index (χ3n) is 3.63. The van der Waals surface area contributed by atoms with Gasteiger partial charge in [-0.3, -0.25) is 4.79 Å². The van der Waals surface area contributed by atoms with Gasteiger partial charge in [-0.05, 0) is 38.8 Å². The molecule has 0 aromatic heterocycles. The van der Waals surface area contributed by atoms with Crippen LogP contribution in [0, 0.1) is 6.92 Å². The number of hydrogen-bond donors (Lipinski definition) is 1. The Labute approximate surface area is 120 Å². The SMILES string of the molecule is Cc1ccc(OCCC(=O)N2CCCC(C)(O)C2)cc1. The fourth-order valence-corrected chi connectivity index (χ4v) is 2.48. The maximum Gasteiger partial charge on any atom is 0.226 e. The predicted octanol–water partition coefficient (Wildman–Crippen LogP) is 2.14. The average Bonchev–Trinajstić information content (AvgIpc) is 2.40. The fourth-order valence-electron chi connectivity index (χ4n) is 2.48. The van der Waals surface area contributed by atoms with Crippen LogP contribution in [0.3, 0.4) is 0 Å². The zero-order valence-electron chi connectivity index (χ0n) is 12.3. The molecule has 0 bridgehead atoms. The maximum absolute atomic E-state index is 12.1. The lowest BCUT2D eigenvalue weighted by molar-refractivity contribution is -0.138. The number of amides is 1. The molecular weight excluding hydrogens is 254 g/mol. The van der Waals surface area contributed by atoms with Crippen LogP contribution < -0.4 is 4.74 Å². The molecule has 1 aromatic rings. The van der Waals surface area contributed by atoms with Crippen molar-refractivity contribution in [3.8, 4) is 5.75 Å². The summed E-state index contributed by atoms with van der Waals surface area (Å²) in [5.74, 6) is 0.839. The number of hydrogen-bond acceptors (Lipinski definition) is 3. The largest absolute Gasteiger partial charge is 0.493 e. The summed E-state index contributed by atoms with van der Waals surface area (Å²) in [5.41, 5.74) is 0.440. The molecule has 1 heterocycles. The lowest BCUT2D eigenvalue weighted by atomic mass is 9.95. The molecule has 1 amide bonds.